The van der Waals surface area contributed by atoms with Crippen molar-refractivity contribution in [2.24, 2.45) is 5.92 Å². The molecule has 86 valence electrons. The highest BCUT2D eigenvalue weighted by atomic mass is 16.6. The van der Waals surface area contributed by atoms with Crippen molar-refractivity contribution in [2.75, 3.05) is 0 Å². The van der Waals surface area contributed by atoms with E-state index in [9.17, 15) is 4.79 Å². The summed E-state index contributed by atoms with van der Waals surface area (Å²) in [5.74, 6) is 0.150. The van der Waals surface area contributed by atoms with Gasteiger partial charge in [0.25, 0.3) is 0 Å². The summed E-state index contributed by atoms with van der Waals surface area (Å²) in [7, 11) is 0. The lowest BCUT2D eigenvalue weighted by Gasteiger charge is -2.09. The normalized spacial score (nSPS) is 16.2. The van der Waals surface area contributed by atoms with Crippen molar-refractivity contribution in [2.45, 2.75) is 32.3 Å². The van der Waals surface area contributed by atoms with E-state index in [1.54, 1.807) is 6.20 Å². The summed E-state index contributed by atoms with van der Waals surface area (Å²) in [6.07, 6.45) is 5.98. The van der Waals surface area contributed by atoms with Crippen molar-refractivity contribution in [1.29, 1.82) is 0 Å². The molecular weight excluding hydrogens is 204 g/mol. The van der Waals surface area contributed by atoms with E-state index in [1.165, 1.54) is 0 Å². The van der Waals surface area contributed by atoms with Crippen LogP contribution in [0.5, 0.6) is 0 Å². The zero-order valence-electron chi connectivity index (χ0n) is 9.19. The molecule has 0 unspecified atom stereocenters. The Morgan fingerprint density at radius 1 is 1.44 bits per heavy atom. The Labute approximate surface area is 95.0 Å². The molecular formula is C12H16N2O2. The van der Waals surface area contributed by atoms with Gasteiger partial charge < -0.3 is 0 Å². The zero-order valence-corrected chi connectivity index (χ0v) is 9.19. The number of aromatic nitrogens is 1. The van der Waals surface area contributed by atoms with Gasteiger partial charge in [0.1, 0.15) is 6.61 Å². The highest BCUT2D eigenvalue weighted by Gasteiger charge is 2.22. The van der Waals surface area contributed by atoms with E-state index in [1.807, 2.05) is 18.2 Å². The molecule has 1 aliphatic carbocycles. The summed E-state index contributed by atoms with van der Waals surface area (Å²) in [6, 6.07) is 5.60. The van der Waals surface area contributed by atoms with Gasteiger partial charge in [0, 0.05) is 12.1 Å². The van der Waals surface area contributed by atoms with Crippen molar-refractivity contribution in [3.05, 3.63) is 30.1 Å². The lowest BCUT2D eigenvalue weighted by Crippen LogP contribution is -2.29. The van der Waals surface area contributed by atoms with E-state index >= 15 is 0 Å². The number of carbonyl (C=O) groups is 1. The predicted molar refractivity (Wildman–Crippen MR) is 59.1 cm³/mol. The molecule has 1 aliphatic rings. The lowest BCUT2D eigenvalue weighted by molar-refractivity contribution is -0.138. The van der Waals surface area contributed by atoms with Crippen molar-refractivity contribution < 1.29 is 9.63 Å². The monoisotopic (exact) mass is 220 g/mol. The minimum atomic E-state index is 0.00781. The topological polar surface area (TPSA) is 51.2 Å². The molecule has 0 spiro atoms. The number of carbonyl (C=O) groups excluding carboxylic acids is 1. The van der Waals surface area contributed by atoms with Crippen molar-refractivity contribution in [3.8, 4) is 0 Å². The largest absolute Gasteiger partial charge is 0.273 e. The lowest BCUT2D eigenvalue weighted by atomic mass is 10.1. The number of nitrogens with zero attached hydrogens (tertiary/aromatic N) is 1. The summed E-state index contributed by atoms with van der Waals surface area (Å²) in [4.78, 5) is 20.8. The van der Waals surface area contributed by atoms with Crippen molar-refractivity contribution >= 4 is 5.91 Å². The van der Waals surface area contributed by atoms with Gasteiger partial charge in [-0.2, -0.15) is 0 Å². The SMILES string of the molecule is O=C(NOCc1ccccn1)C1CCCC1. The Morgan fingerprint density at radius 2 is 2.25 bits per heavy atom. The van der Waals surface area contributed by atoms with Crippen LogP contribution < -0.4 is 5.48 Å². The Hall–Kier alpha value is -1.42. The number of hydroxylamine groups is 1. The molecule has 0 aromatic carbocycles. The van der Waals surface area contributed by atoms with Crippen molar-refractivity contribution in [1.82, 2.24) is 10.5 Å². The second-order valence-corrected chi connectivity index (χ2v) is 4.06. The average Bonchev–Trinajstić information content (AvgIpc) is 2.84. The first-order valence-corrected chi connectivity index (χ1v) is 5.68. The average molecular weight is 220 g/mol. The van der Waals surface area contributed by atoms with Crippen LogP contribution in [0.15, 0.2) is 24.4 Å². The van der Waals surface area contributed by atoms with Crippen LogP contribution in [0.2, 0.25) is 0 Å². The molecule has 4 heteroatoms. The maximum absolute atomic E-state index is 11.6. The Bertz CT molecular complexity index is 334. The summed E-state index contributed by atoms with van der Waals surface area (Å²) in [5.41, 5.74) is 3.31. The van der Waals surface area contributed by atoms with E-state index in [4.69, 9.17) is 4.84 Å². The maximum Gasteiger partial charge on any atom is 0.246 e. The standard InChI is InChI=1S/C12H16N2O2/c15-12(10-5-1-2-6-10)14-16-9-11-7-3-4-8-13-11/h3-4,7-8,10H,1-2,5-6,9H2,(H,14,15). The first kappa shape index (κ1) is 11.1. The van der Waals surface area contributed by atoms with Gasteiger partial charge in [0.05, 0.1) is 5.69 Å². The van der Waals surface area contributed by atoms with E-state index in [-0.39, 0.29) is 11.8 Å². The number of nitrogens with one attached hydrogen (secondary N) is 1. The van der Waals surface area contributed by atoms with E-state index in [0.717, 1.165) is 31.4 Å². The van der Waals surface area contributed by atoms with Crippen LogP contribution in [0.4, 0.5) is 0 Å². The molecule has 4 nitrogen and oxygen atoms in total. The smallest absolute Gasteiger partial charge is 0.246 e. The molecule has 0 atom stereocenters. The molecule has 2 rings (SSSR count). The Morgan fingerprint density at radius 3 is 2.94 bits per heavy atom. The molecule has 0 saturated heterocycles. The third-order valence-electron chi connectivity index (χ3n) is 2.84. The Kier molecular flexibility index (Phi) is 3.88. The predicted octanol–water partition coefficient (Wildman–Crippen LogP) is 1.82. The minimum absolute atomic E-state index is 0.00781. The number of pyridine rings is 1. The van der Waals surface area contributed by atoms with Crippen LogP contribution in [-0.4, -0.2) is 10.9 Å². The summed E-state index contributed by atoms with van der Waals surface area (Å²) in [6.45, 7) is 0.319. The van der Waals surface area contributed by atoms with Gasteiger partial charge in [-0.25, -0.2) is 5.48 Å². The zero-order chi connectivity index (χ0) is 11.2. The highest BCUT2D eigenvalue weighted by molar-refractivity contribution is 5.77. The quantitative estimate of drug-likeness (QED) is 0.787. The highest BCUT2D eigenvalue weighted by Crippen LogP contribution is 2.24. The fraction of sp³-hybridized carbons (Fsp3) is 0.500. The number of hydrogen-bond acceptors (Lipinski definition) is 3. The van der Waals surface area contributed by atoms with Gasteiger partial charge in [-0.1, -0.05) is 18.9 Å². The summed E-state index contributed by atoms with van der Waals surface area (Å²) >= 11 is 0. The molecule has 16 heavy (non-hydrogen) atoms. The van der Waals surface area contributed by atoms with Gasteiger partial charge >= 0.3 is 0 Å². The third-order valence-corrected chi connectivity index (χ3v) is 2.84. The van der Waals surface area contributed by atoms with Gasteiger partial charge in [-0.15, -0.1) is 0 Å². The molecule has 1 N–H and O–H groups in total. The second-order valence-electron chi connectivity index (χ2n) is 4.06. The van der Waals surface area contributed by atoms with Crippen LogP contribution in [0.25, 0.3) is 0 Å². The molecule has 0 radical (unpaired) electrons. The maximum atomic E-state index is 11.6. The van der Waals surface area contributed by atoms with E-state index < -0.39 is 0 Å². The van der Waals surface area contributed by atoms with Gasteiger partial charge in [-0.3, -0.25) is 14.6 Å². The molecule has 1 amide bonds. The summed E-state index contributed by atoms with van der Waals surface area (Å²) in [5, 5.41) is 0. The van der Waals surface area contributed by atoms with E-state index in [0.29, 0.717) is 6.61 Å². The van der Waals surface area contributed by atoms with Crippen LogP contribution in [-0.2, 0) is 16.2 Å². The summed E-state index contributed by atoms with van der Waals surface area (Å²) < 4.78 is 0. The van der Waals surface area contributed by atoms with E-state index in [2.05, 4.69) is 10.5 Å². The first-order valence-electron chi connectivity index (χ1n) is 5.68. The number of hydrogen-bond donors (Lipinski definition) is 1. The number of amides is 1. The van der Waals surface area contributed by atoms with Gasteiger partial charge in [0.2, 0.25) is 5.91 Å². The minimum Gasteiger partial charge on any atom is -0.273 e. The van der Waals surface area contributed by atoms with Crippen LogP contribution in [0.3, 0.4) is 0 Å². The molecule has 1 aromatic rings. The van der Waals surface area contributed by atoms with Crippen molar-refractivity contribution in [3.63, 3.8) is 0 Å². The number of rotatable bonds is 4. The fourth-order valence-corrected chi connectivity index (χ4v) is 1.94. The molecule has 1 fully saturated rings. The fourth-order valence-electron chi connectivity index (χ4n) is 1.94. The van der Waals surface area contributed by atoms with Gasteiger partial charge in [-0.05, 0) is 25.0 Å². The first-order chi connectivity index (χ1) is 7.86. The second kappa shape index (κ2) is 5.61. The van der Waals surface area contributed by atoms with Crippen LogP contribution in [0, 0.1) is 5.92 Å². The Balaban J connectivity index is 1.70. The van der Waals surface area contributed by atoms with Crippen LogP contribution >= 0.6 is 0 Å². The molecule has 1 aromatic heterocycles. The van der Waals surface area contributed by atoms with Crippen LogP contribution in [0.1, 0.15) is 31.4 Å². The molecule has 1 saturated carbocycles. The third kappa shape index (κ3) is 3.03. The van der Waals surface area contributed by atoms with Gasteiger partial charge in [0.15, 0.2) is 0 Å². The molecule has 1 heterocycles. The molecule has 0 aliphatic heterocycles. The molecule has 0 bridgehead atoms.